The number of aliphatic hydroxyl groups excluding tert-OH is 1. The standard InChI is InChI=1S/C14H19ClO2S/c1-10(8-16)11-4-5-14(13(15)7-11)17-12-3-2-6-18-9-12/h4-5,7,10,12,16H,2-3,6,8-9H2,1H3. The van der Waals surface area contributed by atoms with E-state index in [1.54, 1.807) is 0 Å². The molecule has 0 amide bonds. The molecule has 0 aromatic heterocycles. The summed E-state index contributed by atoms with van der Waals surface area (Å²) < 4.78 is 5.94. The molecule has 0 radical (unpaired) electrons. The van der Waals surface area contributed by atoms with Crippen molar-refractivity contribution in [2.75, 3.05) is 18.1 Å². The normalized spacial score (nSPS) is 21.6. The smallest absolute Gasteiger partial charge is 0.138 e. The van der Waals surface area contributed by atoms with Gasteiger partial charge in [-0.05, 0) is 36.3 Å². The lowest BCUT2D eigenvalue weighted by Crippen LogP contribution is -2.23. The quantitative estimate of drug-likeness (QED) is 0.915. The van der Waals surface area contributed by atoms with Crippen molar-refractivity contribution in [2.24, 2.45) is 0 Å². The van der Waals surface area contributed by atoms with Crippen LogP contribution in [0.3, 0.4) is 0 Å². The van der Waals surface area contributed by atoms with Crippen molar-refractivity contribution in [2.45, 2.75) is 31.8 Å². The first-order valence-electron chi connectivity index (χ1n) is 6.35. The molecular formula is C14H19ClO2S. The Balaban J connectivity index is 2.04. The lowest BCUT2D eigenvalue weighted by molar-refractivity contribution is 0.211. The van der Waals surface area contributed by atoms with Crippen LogP contribution in [-0.2, 0) is 0 Å². The zero-order valence-electron chi connectivity index (χ0n) is 10.6. The van der Waals surface area contributed by atoms with Crippen LogP contribution in [0.5, 0.6) is 5.75 Å². The van der Waals surface area contributed by atoms with Crippen molar-refractivity contribution in [1.29, 1.82) is 0 Å². The van der Waals surface area contributed by atoms with E-state index in [0.717, 1.165) is 23.5 Å². The summed E-state index contributed by atoms with van der Waals surface area (Å²) >= 11 is 8.17. The monoisotopic (exact) mass is 286 g/mol. The van der Waals surface area contributed by atoms with E-state index < -0.39 is 0 Å². The van der Waals surface area contributed by atoms with E-state index in [9.17, 15) is 0 Å². The molecule has 0 aliphatic carbocycles. The van der Waals surface area contributed by atoms with E-state index in [-0.39, 0.29) is 18.6 Å². The fraction of sp³-hybridized carbons (Fsp3) is 0.571. The van der Waals surface area contributed by atoms with Crippen LogP contribution in [0.2, 0.25) is 5.02 Å². The van der Waals surface area contributed by atoms with Crippen LogP contribution in [-0.4, -0.2) is 29.3 Å². The highest BCUT2D eigenvalue weighted by Crippen LogP contribution is 2.31. The molecule has 1 aromatic rings. The minimum Gasteiger partial charge on any atom is -0.488 e. The molecule has 1 aliphatic rings. The second kappa shape index (κ2) is 6.69. The van der Waals surface area contributed by atoms with Crippen molar-refractivity contribution < 1.29 is 9.84 Å². The van der Waals surface area contributed by atoms with Crippen LogP contribution in [0.25, 0.3) is 0 Å². The first-order chi connectivity index (χ1) is 8.70. The molecule has 2 nitrogen and oxygen atoms in total. The second-order valence-corrected chi connectivity index (χ2v) is 6.29. The summed E-state index contributed by atoms with van der Waals surface area (Å²) in [6.45, 7) is 2.11. The molecule has 1 heterocycles. The minimum atomic E-state index is 0.113. The van der Waals surface area contributed by atoms with E-state index in [0.29, 0.717) is 5.02 Å². The van der Waals surface area contributed by atoms with Crippen molar-refractivity contribution in [1.82, 2.24) is 0 Å². The molecule has 2 atom stereocenters. The Morgan fingerprint density at radius 2 is 2.39 bits per heavy atom. The summed E-state index contributed by atoms with van der Waals surface area (Å²) in [5, 5.41) is 9.77. The molecule has 1 aromatic carbocycles. The summed E-state index contributed by atoms with van der Waals surface area (Å²) in [5.74, 6) is 3.16. The number of hydrogen-bond donors (Lipinski definition) is 1. The molecule has 0 spiro atoms. The number of thioether (sulfide) groups is 1. The predicted octanol–water partition coefficient (Wildman–Crippen LogP) is 3.71. The first kappa shape index (κ1) is 14.0. The van der Waals surface area contributed by atoms with Gasteiger partial charge >= 0.3 is 0 Å². The van der Waals surface area contributed by atoms with Gasteiger partial charge in [0.1, 0.15) is 11.9 Å². The van der Waals surface area contributed by atoms with Crippen LogP contribution < -0.4 is 4.74 Å². The maximum absolute atomic E-state index is 9.13. The predicted molar refractivity (Wildman–Crippen MR) is 77.9 cm³/mol. The number of aliphatic hydroxyl groups is 1. The number of ether oxygens (including phenoxy) is 1. The van der Waals surface area contributed by atoms with Gasteiger partial charge in [-0.25, -0.2) is 0 Å². The SMILES string of the molecule is CC(CO)c1ccc(OC2CCCSC2)c(Cl)c1. The van der Waals surface area contributed by atoms with E-state index in [4.69, 9.17) is 21.4 Å². The molecule has 0 saturated carbocycles. The fourth-order valence-electron chi connectivity index (χ4n) is 2.01. The van der Waals surface area contributed by atoms with Gasteiger partial charge in [-0.1, -0.05) is 24.6 Å². The van der Waals surface area contributed by atoms with Gasteiger partial charge in [0.2, 0.25) is 0 Å². The van der Waals surface area contributed by atoms with Crippen LogP contribution in [0, 0.1) is 0 Å². The zero-order valence-corrected chi connectivity index (χ0v) is 12.1. The highest BCUT2D eigenvalue weighted by Gasteiger charge is 2.17. The molecule has 1 saturated heterocycles. The van der Waals surface area contributed by atoms with Crippen LogP contribution in [0.4, 0.5) is 0 Å². The van der Waals surface area contributed by atoms with Gasteiger partial charge in [-0.15, -0.1) is 0 Å². The Morgan fingerprint density at radius 1 is 1.56 bits per heavy atom. The third-order valence-corrected chi connectivity index (χ3v) is 4.69. The topological polar surface area (TPSA) is 29.5 Å². The molecule has 2 rings (SSSR count). The van der Waals surface area contributed by atoms with E-state index in [2.05, 4.69) is 0 Å². The first-order valence-corrected chi connectivity index (χ1v) is 7.88. The van der Waals surface area contributed by atoms with Gasteiger partial charge in [-0.2, -0.15) is 11.8 Å². The van der Waals surface area contributed by atoms with E-state index in [1.165, 1.54) is 12.2 Å². The maximum Gasteiger partial charge on any atom is 0.138 e. The third-order valence-electron chi connectivity index (χ3n) is 3.21. The molecule has 18 heavy (non-hydrogen) atoms. The summed E-state index contributed by atoms with van der Waals surface area (Å²) in [7, 11) is 0. The Labute approximate surface area is 118 Å². The Morgan fingerprint density at radius 3 is 3.00 bits per heavy atom. The van der Waals surface area contributed by atoms with Gasteiger partial charge in [0.25, 0.3) is 0 Å². The summed E-state index contributed by atoms with van der Waals surface area (Å²) in [6, 6.07) is 5.80. The van der Waals surface area contributed by atoms with Crippen LogP contribution >= 0.6 is 23.4 Å². The number of rotatable bonds is 4. The average molecular weight is 287 g/mol. The highest BCUT2D eigenvalue weighted by molar-refractivity contribution is 7.99. The van der Waals surface area contributed by atoms with Gasteiger partial charge in [0.15, 0.2) is 0 Å². The van der Waals surface area contributed by atoms with Gasteiger partial charge in [0, 0.05) is 18.3 Å². The van der Waals surface area contributed by atoms with Gasteiger partial charge in [0.05, 0.1) is 5.02 Å². The molecule has 2 unspecified atom stereocenters. The van der Waals surface area contributed by atoms with Crippen molar-refractivity contribution >= 4 is 23.4 Å². The second-order valence-electron chi connectivity index (χ2n) is 4.73. The summed E-state index contributed by atoms with van der Waals surface area (Å²) in [4.78, 5) is 0. The van der Waals surface area contributed by atoms with Gasteiger partial charge in [-0.3, -0.25) is 0 Å². The average Bonchev–Trinajstić information content (AvgIpc) is 2.41. The van der Waals surface area contributed by atoms with Crippen molar-refractivity contribution in [3.05, 3.63) is 28.8 Å². The van der Waals surface area contributed by atoms with E-state index >= 15 is 0 Å². The largest absolute Gasteiger partial charge is 0.488 e. The molecule has 100 valence electrons. The molecule has 0 bridgehead atoms. The lowest BCUT2D eigenvalue weighted by atomic mass is 10.0. The molecule has 1 aliphatic heterocycles. The maximum atomic E-state index is 9.13. The zero-order chi connectivity index (χ0) is 13.0. The number of benzene rings is 1. The molecular weight excluding hydrogens is 268 g/mol. The van der Waals surface area contributed by atoms with Crippen molar-refractivity contribution in [3.63, 3.8) is 0 Å². The number of halogens is 1. The molecule has 4 heteroatoms. The highest BCUT2D eigenvalue weighted by atomic mass is 35.5. The van der Waals surface area contributed by atoms with E-state index in [1.807, 2.05) is 36.9 Å². The number of hydrogen-bond acceptors (Lipinski definition) is 3. The Hall–Kier alpha value is -0.380. The minimum absolute atomic E-state index is 0.113. The van der Waals surface area contributed by atoms with Crippen molar-refractivity contribution in [3.8, 4) is 5.75 Å². The fourth-order valence-corrected chi connectivity index (χ4v) is 3.28. The van der Waals surface area contributed by atoms with Gasteiger partial charge < -0.3 is 9.84 Å². The van der Waals surface area contributed by atoms with Crippen LogP contribution in [0.1, 0.15) is 31.2 Å². The lowest BCUT2D eigenvalue weighted by Gasteiger charge is -2.23. The molecule has 1 fully saturated rings. The molecule has 1 N–H and O–H groups in total. The van der Waals surface area contributed by atoms with Crippen LogP contribution in [0.15, 0.2) is 18.2 Å². The Bertz CT molecular complexity index is 391. The third kappa shape index (κ3) is 3.56. The summed E-state index contributed by atoms with van der Waals surface area (Å²) in [5.41, 5.74) is 1.05. The Kier molecular flexibility index (Phi) is 5.22. The summed E-state index contributed by atoms with van der Waals surface area (Å²) in [6.07, 6.45) is 2.60.